The molecule has 0 aliphatic rings. The molecule has 0 saturated carbocycles. The van der Waals surface area contributed by atoms with E-state index in [1.807, 2.05) is 38.4 Å². The standard InChI is InChI=1S/C16H16N2O/c1-11-8-9-14(19-11)16(17-2)13-7-3-5-12-6-4-10-18-15(12)13/h3-10,16-17H,1-2H3. The average molecular weight is 252 g/mol. The third-order valence-electron chi connectivity index (χ3n) is 3.31. The van der Waals surface area contributed by atoms with E-state index in [1.54, 1.807) is 0 Å². The Balaban J connectivity index is 2.16. The monoisotopic (exact) mass is 252 g/mol. The van der Waals surface area contributed by atoms with Crippen molar-refractivity contribution in [3.63, 3.8) is 0 Å². The van der Waals surface area contributed by atoms with E-state index >= 15 is 0 Å². The van der Waals surface area contributed by atoms with Gasteiger partial charge in [0.25, 0.3) is 0 Å². The molecule has 3 rings (SSSR count). The van der Waals surface area contributed by atoms with Gasteiger partial charge >= 0.3 is 0 Å². The maximum atomic E-state index is 5.75. The van der Waals surface area contributed by atoms with Crippen LogP contribution in [-0.4, -0.2) is 12.0 Å². The van der Waals surface area contributed by atoms with Gasteiger partial charge in [0.1, 0.15) is 11.5 Å². The van der Waals surface area contributed by atoms with Crippen LogP contribution in [0.25, 0.3) is 10.9 Å². The lowest BCUT2D eigenvalue weighted by molar-refractivity contribution is 0.445. The zero-order valence-corrected chi connectivity index (χ0v) is 11.1. The van der Waals surface area contributed by atoms with Crippen molar-refractivity contribution in [1.82, 2.24) is 10.3 Å². The van der Waals surface area contributed by atoms with Crippen LogP contribution < -0.4 is 5.32 Å². The number of aromatic nitrogens is 1. The molecular formula is C16H16N2O. The fourth-order valence-electron chi connectivity index (χ4n) is 2.42. The van der Waals surface area contributed by atoms with Crippen molar-refractivity contribution in [2.45, 2.75) is 13.0 Å². The summed E-state index contributed by atoms with van der Waals surface area (Å²) in [7, 11) is 1.93. The molecule has 1 aromatic carbocycles. The predicted octanol–water partition coefficient (Wildman–Crippen LogP) is 3.45. The number of benzene rings is 1. The van der Waals surface area contributed by atoms with E-state index in [2.05, 4.69) is 34.6 Å². The van der Waals surface area contributed by atoms with Crippen LogP contribution in [-0.2, 0) is 0 Å². The molecule has 0 aliphatic heterocycles. The first-order chi connectivity index (χ1) is 9.29. The van der Waals surface area contributed by atoms with Crippen LogP contribution in [0.4, 0.5) is 0 Å². The quantitative estimate of drug-likeness (QED) is 0.776. The Kier molecular flexibility index (Phi) is 3.05. The average Bonchev–Trinajstić information content (AvgIpc) is 2.86. The topological polar surface area (TPSA) is 38.1 Å². The van der Waals surface area contributed by atoms with Gasteiger partial charge in [-0.25, -0.2) is 0 Å². The van der Waals surface area contributed by atoms with Gasteiger partial charge in [0, 0.05) is 17.1 Å². The van der Waals surface area contributed by atoms with Gasteiger partial charge in [-0.2, -0.15) is 0 Å². The summed E-state index contributed by atoms with van der Waals surface area (Å²) in [5.41, 5.74) is 2.15. The maximum absolute atomic E-state index is 5.75. The summed E-state index contributed by atoms with van der Waals surface area (Å²) in [5.74, 6) is 1.83. The van der Waals surface area contributed by atoms with Gasteiger partial charge in [-0.1, -0.05) is 24.3 Å². The summed E-state index contributed by atoms with van der Waals surface area (Å²) >= 11 is 0. The fourth-order valence-corrected chi connectivity index (χ4v) is 2.42. The van der Waals surface area contributed by atoms with Crippen molar-refractivity contribution in [2.24, 2.45) is 0 Å². The summed E-state index contributed by atoms with van der Waals surface area (Å²) in [6.07, 6.45) is 1.83. The van der Waals surface area contributed by atoms with Crippen LogP contribution in [0.15, 0.2) is 53.1 Å². The van der Waals surface area contributed by atoms with Gasteiger partial charge in [0.15, 0.2) is 0 Å². The maximum Gasteiger partial charge on any atom is 0.125 e. The molecule has 1 atom stereocenters. The molecule has 1 unspecified atom stereocenters. The van der Waals surface area contributed by atoms with Crippen molar-refractivity contribution >= 4 is 10.9 Å². The Hall–Kier alpha value is -2.13. The zero-order valence-electron chi connectivity index (χ0n) is 11.1. The van der Waals surface area contributed by atoms with Crippen molar-refractivity contribution < 1.29 is 4.42 Å². The summed E-state index contributed by atoms with van der Waals surface area (Å²) in [6.45, 7) is 1.96. The van der Waals surface area contributed by atoms with Crippen LogP contribution in [0, 0.1) is 6.92 Å². The van der Waals surface area contributed by atoms with Crippen molar-refractivity contribution in [3.8, 4) is 0 Å². The van der Waals surface area contributed by atoms with Crippen LogP contribution >= 0.6 is 0 Å². The molecule has 0 amide bonds. The first-order valence-corrected chi connectivity index (χ1v) is 6.37. The van der Waals surface area contributed by atoms with E-state index in [-0.39, 0.29) is 6.04 Å². The molecule has 0 spiro atoms. The SMILES string of the molecule is CNC(c1ccc(C)o1)c1cccc2cccnc12. The third-order valence-corrected chi connectivity index (χ3v) is 3.31. The lowest BCUT2D eigenvalue weighted by Crippen LogP contribution is -2.17. The van der Waals surface area contributed by atoms with E-state index in [0.29, 0.717) is 0 Å². The lowest BCUT2D eigenvalue weighted by Gasteiger charge is -2.15. The number of fused-ring (bicyclic) bond motifs is 1. The van der Waals surface area contributed by atoms with Gasteiger partial charge in [-0.15, -0.1) is 0 Å². The van der Waals surface area contributed by atoms with Crippen LogP contribution in [0.5, 0.6) is 0 Å². The summed E-state index contributed by atoms with van der Waals surface area (Å²) in [5, 5.41) is 4.45. The number of para-hydroxylation sites is 1. The summed E-state index contributed by atoms with van der Waals surface area (Å²) in [6, 6.07) is 14.3. The molecule has 0 bridgehead atoms. The molecule has 3 nitrogen and oxygen atoms in total. The number of nitrogens with one attached hydrogen (secondary N) is 1. The number of hydrogen-bond donors (Lipinski definition) is 1. The number of hydrogen-bond acceptors (Lipinski definition) is 3. The van der Waals surface area contributed by atoms with E-state index in [0.717, 1.165) is 28.0 Å². The van der Waals surface area contributed by atoms with Crippen LogP contribution in [0.1, 0.15) is 23.1 Å². The number of rotatable bonds is 3. The molecule has 19 heavy (non-hydrogen) atoms. The zero-order chi connectivity index (χ0) is 13.2. The Labute approximate surface area is 112 Å². The van der Waals surface area contributed by atoms with Crippen molar-refractivity contribution in [2.75, 3.05) is 7.05 Å². The highest BCUT2D eigenvalue weighted by atomic mass is 16.3. The second-order valence-corrected chi connectivity index (χ2v) is 4.59. The minimum atomic E-state index is 0.0206. The predicted molar refractivity (Wildman–Crippen MR) is 76.1 cm³/mol. The minimum absolute atomic E-state index is 0.0206. The van der Waals surface area contributed by atoms with E-state index < -0.39 is 0 Å². The number of pyridine rings is 1. The smallest absolute Gasteiger partial charge is 0.125 e. The van der Waals surface area contributed by atoms with E-state index in [4.69, 9.17) is 4.42 Å². The first kappa shape index (κ1) is 11.9. The van der Waals surface area contributed by atoms with Gasteiger partial charge in [0.05, 0.1) is 11.6 Å². The van der Waals surface area contributed by atoms with Crippen molar-refractivity contribution in [1.29, 1.82) is 0 Å². The van der Waals surface area contributed by atoms with E-state index in [1.165, 1.54) is 0 Å². The normalized spacial score (nSPS) is 12.7. The molecule has 0 fully saturated rings. The Morgan fingerprint density at radius 1 is 1.11 bits per heavy atom. The minimum Gasteiger partial charge on any atom is -0.464 e. The van der Waals surface area contributed by atoms with Gasteiger partial charge in [-0.05, 0) is 32.2 Å². The highest BCUT2D eigenvalue weighted by Crippen LogP contribution is 2.28. The van der Waals surface area contributed by atoms with Crippen LogP contribution in [0.3, 0.4) is 0 Å². The van der Waals surface area contributed by atoms with E-state index in [9.17, 15) is 0 Å². The Morgan fingerprint density at radius 3 is 2.68 bits per heavy atom. The van der Waals surface area contributed by atoms with Gasteiger partial charge < -0.3 is 9.73 Å². The fraction of sp³-hybridized carbons (Fsp3) is 0.188. The second-order valence-electron chi connectivity index (χ2n) is 4.59. The molecule has 96 valence electrons. The number of aryl methyl sites for hydroxylation is 1. The highest BCUT2D eigenvalue weighted by molar-refractivity contribution is 5.82. The molecule has 3 heteroatoms. The summed E-state index contributed by atoms with van der Waals surface area (Å²) in [4.78, 5) is 4.50. The molecule has 0 aliphatic carbocycles. The molecule has 1 N–H and O–H groups in total. The molecular weight excluding hydrogens is 236 g/mol. The second kappa shape index (κ2) is 4.86. The van der Waals surface area contributed by atoms with Gasteiger partial charge in [0.2, 0.25) is 0 Å². The molecule has 0 radical (unpaired) electrons. The number of furan rings is 1. The third kappa shape index (κ3) is 2.13. The molecule has 2 aromatic heterocycles. The Morgan fingerprint density at radius 2 is 1.95 bits per heavy atom. The first-order valence-electron chi connectivity index (χ1n) is 6.37. The molecule has 3 aromatic rings. The van der Waals surface area contributed by atoms with Crippen molar-refractivity contribution in [3.05, 3.63) is 65.7 Å². The summed E-state index contributed by atoms with van der Waals surface area (Å²) < 4.78 is 5.75. The Bertz CT molecular complexity index is 697. The lowest BCUT2D eigenvalue weighted by atomic mass is 10.0. The largest absolute Gasteiger partial charge is 0.464 e. The molecule has 0 saturated heterocycles. The number of nitrogens with zero attached hydrogens (tertiary/aromatic N) is 1. The molecule has 2 heterocycles. The van der Waals surface area contributed by atoms with Gasteiger partial charge in [-0.3, -0.25) is 4.98 Å². The van der Waals surface area contributed by atoms with Crippen LogP contribution in [0.2, 0.25) is 0 Å². The highest BCUT2D eigenvalue weighted by Gasteiger charge is 2.18.